The summed E-state index contributed by atoms with van der Waals surface area (Å²) in [6.45, 7) is -0.0325. The highest BCUT2D eigenvalue weighted by Gasteiger charge is 2.01. The number of rotatable bonds is 2. The van der Waals surface area contributed by atoms with Crippen LogP contribution in [-0.4, -0.2) is 6.61 Å². The van der Waals surface area contributed by atoms with Crippen molar-refractivity contribution in [2.75, 3.05) is 6.61 Å². The molecule has 1 aromatic carbocycles. The van der Waals surface area contributed by atoms with Gasteiger partial charge in [-0.05, 0) is 12.1 Å². The molecule has 12 heavy (non-hydrogen) atoms. The lowest BCUT2D eigenvalue weighted by Gasteiger charge is -2.02. The third-order valence-electron chi connectivity index (χ3n) is 1.12. The van der Waals surface area contributed by atoms with Crippen LogP contribution in [0, 0.1) is 17.4 Å². The fraction of sp³-hybridized carbons (Fsp3) is 0.125. The molecule has 61 valence electrons. The zero-order chi connectivity index (χ0) is 8.97. The van der Waals surface area contributed by atoms with Gasteiger partial charge in [0.15, 0.2) is 6.61 Å². The Labute approximate surface area is 80.3 Å². The summed E-state index contributed by atoms with van der Waals surface area (Å²) in [5.41, 5.74) is 0. The van der Waals surface area contributed by atoms with Gasteiger partial charge in [-0.15, -0.1) is 0 Å². The van der Waals surface area contributed by atoms with Crippen LogP contribution in [0.5, 0.6) is 5.75 Å². The first kappa shape index (κ1) is 9.18. The van der Waals surface area contributed by atoms with Gasteiger partial charge < -0.3 is 4.74 Å². The normalized spacial score (nSPS) is 9.08. The maximum atomic E-state index is 8.22. The summed E-state index contributed by atoms with van der Waals surface area (Å²) in [7, 11) is 0. The largest absolute Gasteiger partial charge is 0.477 e. The van der Waals surface area contributed by atoms with Crippen molar-refractivity contribution < 1.29 is 4.74 Å². The van der Waals surface area contributed by atoms with Crippen LogP contribution in [-0.2, 0) is 0 Å². The van der Waals surface area contributed by atoms with Gasteiger partial charge in [0, 0.05) is 6.07 Å². The van der Waals surface area contributed by atoms with Crippen molar-refractivity contribution in [1.29, 1.82) is 5.26 Å². The lowest BCUT2D eigenvalue weighted by molar-refractivity contribution is 0.368. The predicted molar refractivity (Wildman–Crippen MR) is 46.4 cm³/mol. The van der Waals surface area contributed by atoms with E-state index in [2.05, 4.69) is 6.07 Å². The standard InChI is InChI=1S/C8H4Cl2NO/c9-6-1-2-8(7(10)5-6)12-4-3-11/h2,5H,4H2. The zero-order valence-corrected chi connectivity index (χ0v) is 7.49. The monoisotopic (exact) mass is 200 g/mol. The van der Waals surface area contributed by atoms with Crippen LogP contribution in [0.3, 0.4) is 0 Å². The highest BCUT2D eigenvalue weighted by atomic mass is 35.5. The average Bonchev–Trinajstić information content (AvgIpc) is 2.03. The topological polar surface area (TPSA) is 33.0 Å². The summed E-state index contributed by atoms with van der Waals surface area (Å²) < 4.78 is 4.96. The van der Waals surface area contributed by atoms with Crippen LogP contribution in [0.15, 0.2) is 12.1 Å². The van der Waals surface area contributed by atoms with Gasteiger partial charge >= 0.3 is 0 Å². The van der Waals surface area contributed by atoms with Crippen LogP contribution in [0.2, 0.25) is 10.0 Å². The molecule has 0 N–H and O–H groups in total. The van der Waals surface area contributed by atoms with Crippen LogP contribution in [0.1, 0.15) is 0 Å². The minimum Gasteiger partial charge on any atom is -0.477 e. The van der Waals surface area contributed by atoms with Crippen molar-refractivity contribution in [3.63, 3.8) is 0 Å². The molecule has 2 nitrogen and oxygen atoms in total. The van der Waals surface area contributed by atoms with Gasteiger partial charge in [0.25, 0.3) is 0 Å². The molecule has 0 bridgehead atoms. The summed E-state index contributed by atoms with van der Waals surface area (Å²) in [5, 5.41) is 9.02. The van der Waals surface area contributed by atoms with Crippen LogP contribution in [0.4, 0.5) is 0 Å². The van der Waals surface area contributed by atoms with Crippen LogP contribution in [0.25, 0.3) is 0 Å². The highest BCUT2D eigenvalue weighted by Crippen LogP contribution is 2.26. The summed E-state index contributed by atoms with van der Waals surface area (Å²) in [6.07, 6.45) is 0. The molecule has 0 aliphatic carbocycles. The Hall–Kier alpha value is -0.910. The maximum Gasteiger partial charge on any atom is 0.174 e. The van der Waals surface area contributed by atoms with E-state index in [0.29, 0.717) is 15.8 Å². The first-order valence-electron chi connectivity index (χ1n) is 3.10. The Morgan fingerprint density at radius 1 is 1.58 bits per heavy atom. The first-order chi connectivity index (χ1) is 5.74. The minimum atomic E-state index is -0.0325. The summed E-state index contributed by atoms with van der Waals surface area (Å²) in [4.78, 5) is 0. The van der Waals surface area contributed by atoms with Gasteiger partial charge in [-0.3, -0.25) is 0 Å². The molecule has 0 saturated carbocycles. The van der Waals surface area contributed by atoms with E-state index in [-0.39, 0.29) is 6.61 Å². The molecule has 1 radical (unpaired) electrons. The van der Waals surface area contributed by atoms with Gasteiger partial charge in [-0.1, -0.05) is 23.2 Å². The van der Waals surface area contributed by atoms with Gasteiger partial charge in [0.05, 0.1) is 10.0 Å². The van der Waals surface area contributed by atoms with E-state index < -0.39 is 0 Å². The maximum absolute atomic E-state index is 8.22. The molecule has 0 unspecified atom stereocenters. The molecule has 0 saturated heterocycles. The molecular weight excluding hydrogens is 197 g/mol. The quantitative estimate of drug-likeness (QED) is 0.736. The van der Waals surface area contributed by atoms with Crippen LogP contribution < -0.4 is 4.74 Å². The Kier molecular flexibility index (Phi) is 3.21. The van der Waals surface area contributed by atoms with Crippen molar-refractivity contribution in [1.82, 2.24) is 0 Å². The number of halogens is 2. The highest BCUT2D eigenvalue weighted by molar-refractivity contribution is 6.35. The molecule has 0 aliphatic rings. The van der Waals surface area contributed by atoms with E-state index in [1.807, 2.05) is 6.07 Å². The summed E-state index contributed by atoms with van der Waals surface area (Å²) in [5.74, 6) is 0.419. The van der Waals surface area contributed by atoms with Crippen molar-refractivity contribution >= 4 is 23.2 Å². The molecular formula is C8H4Cl2NO. The average molecular weight is 201 g/mol. The summed E-state index contributed by atoms with van der Waals surface area (Å²) in [6, 6.07) is 7.54. The molecule has 0 spiro atoms. The second-order valence-electron chi connectivity index (χ2n) is 1.94. The van der Waals surface area contributed by atoms with Crippen molar-refractivity contribution in [3.8, 4) is 11.8 Å². The molecule has 0 amide bonds. The van der Waals surface area contributed by atoms with Gasteiger partial charge in [-0.2, -0.15) is 5.26 Å². The van der Waals surface area contributed by atoms with Crippen molar-refractivity contribution in [2.45, 2.75) is 0 Å². The van der Waals surface area contributed by atoms with E-state index in [9.17, 15) is 0 Å². The SMILES string of the molecule is N#CCOc1c[c]c(Cl)cc1Cl. The second-order valence-corrected chi connectivity index (χ2v) is 2.75. The van der Waals surface area contributed by atoms with Gasteiger partial charge in [0.1, 0.15) is 11.8 Å². The third-order valence-corrected chi connectivity index (χ3v) is 1.64. The number of ether oxygens (including phenoxy) is 1. The molecule has 0 aliphatic heterocycles. The Balaban J connectivity index is 2.81. The first-order valence-corrected chi connectivity index (χ1v) is 3.86. The molecule has 4 heteroatoms. The molecule has 0 fully saturated rings. The number of hydrogen-bond acceptors (Lipinski definition) is 2. The molecule has 1 rings (SSSR count). The van der Waals surface area contributed by atoms with Crippen LogP contribution >= 0.6 is 23.2 Å². The number of nitriles is 1. The van der Waals surface area contributed by atoms with E-state index in [4.69, 9.17) is 33.2 Å². The fourth-order valence-corrected chi connectivity index (χ4v) is 1.09. The Bertz CT molecular complexity index is 319. The van der Waals surface area contributed by atoms with Gasteiger partial charge in [-0.25, -0.2) is 0 Å². The number of hydrogen-bond donors (Lipinski definition) is 0. The van der Waals surface area contributed by atoms with E-state index in [0.717, 1.165) is 0 Å². The molecule has 1 aromatic rings. The molecule has 0 heterocycles. The number of nitrogens with zero attached hydrogens (tertiary/aromatic N) is 1. The zero-order valence-electron chi connectivity index (χ0n) is 5.97. The smallest absolute Gasteiger partial charge is 0.174 e. The third kappa shape index (κ3) is 2.30. The minimum absolute atomic E-state index is 0.0325. The second kappa shape index (κ2) is 4.20. The Morgan fingerprint density at radius 2 is 2.33 bits per heavy atom. The lowest BCUT2D eigenvalue weighted by Crippen LogP contribution is -1.93. The van der Waals surface area contributed by atoms with Crippen molar-refractivity contribution in [2.24, 2.45) is 0 Å². The predicted octanol–water partition coefficient (Wildman–Crippen LogP) is 2.70. The van der Waals surface area contributed by atoms with Crippen molar-refractivity contribution in [3.05, 3.63) is 28.2 Å². The number of benzene rings is 1. The fourth-order valence-electron chi connectivity index (χ4n) is 0.648. The Morgan fingerprint density at radius 3 is 2.92 bits per heavy atom. The van der Waals surface area contributed by atoms with E-state index >= 15 is 0 Å². The summed E-state index contributed by atoms with van der Waals surface area (Å²) >= 11 is 11.3. The van der Waals surface area contributed by atoms with E-state index in [1.54, 1.807) is 0 Å². The molecule has 0 atom stereocenters. The molecule has 0 aromatic heterocycles. The van der Waals surface area contributed by atoms with Gasteiger partial charge in [0.2, 0.25) is 0 Å². The van der Waals surface area contributed by atoms with E-state index in [1.165, 1.54) is 12.1 Å². The lowest BCUT2D eigenvalue weighted by atomic mass is 10.3.